The minimum atomic E-state index is 0.0286. The molecule has 22 heavy (non-hydrogen) atoms. The first-order chi connectivity index (χ1) is 10.5. The van der Waals surface area contributed by atoms with Crippen LogP contribution < -0.4 is 20.9 Å². The Hall–Kier alpha value is -2.81. The number of aromatic nitrogens is 5. The average Bonchev–Trinajstić information content (AvgIpc) is 2.83. The lowest BCUT2D eigenvalue weighted by molar-refractivity contribution is 0.355. The number of rotatable bonds is 3. The second-order valence-electron chi connectivity index (χ2n) is 4.28. The quantitative estimate of drug-likeness (QED) is 0.685. The topological polar surface area (TPSA) is 127 Å². The Bertz CT molecular complexity index is 864. The molecule has 0 fully saturated rings. The number of hydrogen-bond acceptors (Lipinski definition) is 8. The molecule has 0 aliphatic rings. The van der Waals surface area contributed by atoms with Crippen molar-refractivity contribution in [2.24, 2.45) is 0 Å². The largest absolute Gasteiger partial charge is 0.493 e. The molecule has 0 saturated carbocycles. The zero-order chi connectivity index (χ0) is 15.9. The summed E-state index contributed by atoms with van der Waals surface area (Å²) in [7, 11) is 3.06. The Kier molecular flexibility index (Phi) is 3.33. The summed E-state index contributed by atoms with van der Waals surface area (Å²) in [6.07, 6.45) is 0. The lowest BCUT2D eigenvalue weighted by Gasteiger charge is -2.11. The summed E-state index contributed by atoms with van der Waals surface area (Å²) in [5, 5.41) is 4.65. The van der Waals surface area contributed by atoms with Crippen LogP contribution in [0.15, 0.2) is 12.1 Å². The van der Waals surface area contributed by atoms with E-state index < -0.39 is 0 Å². The van der Waals surface area contributed by atoms with E-state index in [4.69, 9.17) is 32.5 Å². The van der Waals surface area contributed by atoms with Gasteiger partial charge in [-0.15, -0.1) is 5.10 Å². The van der Waals surface area contributed by atoms with Crippen LogP contribution in [-0.2, 0) is 0 Å². The third-order valence-corrected chi connectivity index (χ3v) is 3.17. The molecular formula is C12H12ClN7O2. The SMILES string of the molecule is COc1cc2nc(Cl)nc(-n3nc(N)nc3N)c2cc1OC. The summed E-state index contributed by atoms with van der Waals surface area (Å²) in [5.74, 6) is 1.48. The van der Waals surface area contributed by atoms with Crippen LogP contribution in [0.2, 0.25) is 5.28 Å². The predicted molar refractivity (Wildman–Crippen MR) is 81.4 cm³/mol. The van der Waals surface area contributed by atoms with E-state index in [1.165, 1.54) is 18.9 Å². The maximum atomic E-state index is 5.97. The fourth-order valence-corrected chi connectivity index (χ4v) is 2.24. The Morgan fingerprint density at radius 3 is 2.32 bits per heavy atom. The van der Waals surface area contributed by atoms with Gasteiger partial charge in [0.1, 0.15) is 0 Å². The van der Waals surface area contributed by atoms with Crippen molar-refractivity contribution in [3.8, 4) is 17.3 Å². The number of anilines is 2. The molecule has 9 nitrogen and oxygen atoms in total. The molecule has 3 aromatic rings. The number of nitrogens with two attached hydrogens (primary N) is 2. The van der Waals surface area contributed by atoms with E-state index in [0.717, 1.165) is 0 Å². The van der Waals surface area contributed by atoms with Gasteiger partial charge in [0.25, 0.3) is 0 Å². The monoisotopic (exact) mass is 321 g/mol. The number of ether oxygens (including phenoxy) is 2. The zero-order valence-electron chi connectivity index (χ0n) is 11.7. The lowest BCUT2D eigenvalue weighted by Crippen LogP contribution is -2.07. The predicted octanol–water partition coefficient (Wildman–Crippen LogP) is 1.05. The molecule has 0 amide bonds. The number of hydrogen-bond donors (Lipinski definition) is 2. The molecule has 0 spiro atoms. The van der Waals surface area contributed by atoms with Crippen LogP contribution in [0.25, 0.3) is 16.7 Å². The number of fused-ring (bicyclic) bond motifs is 1. The zero-order valence-corrected chi connectivity index (χ0v) is 12.5. The molecule has 2 aromatic heterocycles. The van der Waals surface area contributed by atoms with Gasteiger partial charge < -0.3 is 20.9 Å². The van der Waals surface area contributed by atoms with Gasteiger partial charge >= 0.3 is 0 Å². The summed E-state index contributed by atoms with van der Waals surface area (Å²) in [4.78, 5) is 12.2. The van der Waals surface area contributed by atoms with Gasteiger partial charge in [-0.3, -0.25) is 0 Å². The smallest absolute Gasteiger partial charge is 0.241 e. The van der Waals surface area contributed by atoms with Crippen LogP contribution >= 0.6 is 11.6 Å². The van der Waals surface area contributed by atoms with Crippen molar-refractivity contribution in [3.05, 3.63) is 17.4 Å². The molecule has 2 heterocycles. The van der Waals surface area contributed by atoms with Crippen LogP contribution in [0, 0.1) is 0 Å². The van der Waals surface area contributed by atoms with Gasteiger partial charge in [-0.25, -0.2) is 4.98 Å². The molecule has 0 unspecified atom stereocenters. The summed E-state index contributed by atoms with van der Waals surface area (Å²) in [5.41, 5.74) is 11.9. The number of nitrogens with zero attached hydrogens (tertiary/aromatic N) is 5. The van der Waals surface area contributed by atoms with Gasteiger partial charge in [0.15, 0.2) is 17.3 Å². The molecule has 10 heteroatoms. The number of methoxy groups -OCH3 is 2. The van der Waals surface area contributed by atoms with Crippen molar-refractivity contribution < 1.29 is 9.47 Å². The molecule has 3 rings (SSSR count). The first kappa shape index (κ1) is 14.1. The summed E-state index contributed by atoms with van der Waals surface area (Å²) >= 11 is 5.97. The van der Waals surface area contributed by atoms with Crippen molar-refractivity contribution in [2.75, 3.05) is 25.7 Å². The third kappa shape index (κ3) is 2.21. The van der Waals surface area contributed by atoms with Crippen molar-refractivity contribution in [1.82, 2.24) is 24.7 Å². The van der Waals surface area contributed by atoms with E-state index >= 15 is 0 Å². The van der Waals surface area contributed by atoms with Gasteiger partial charge in [-0.05, 0) is 17.7 Å². The standard InChI is InChI=1S/C12H12ClN7O2/c1-21-7-3-5-6(4-8(7)22-2)16-10(13)17-9(5)20-12(15)18-11(14)19-20/h3-4H,1-2H3,(H4,14,15,18,19). The third-order valence-electron chi connectivity index (χ3n) is 3.00. The fourth-order valence-electron chi connectivity index (χ4n) is 2.07. The highest BCUT2D eigenvalue weighted by Gasteiger charge is 2.17. The second-order valence-corrected chi connectivity index (χ2v) is 4.62. The highest BCUT2D eigenvalue weighted by Crippen LogP contribution is 2.34. The van der Waals surface area contributed by atoms with E-state index in [2.05, 4.69) is 20.1 Å². The van der Waals surface area contributed by atoms with Crippen molar-refractivity contribution in [1.29, 1.82) is 0 Å². The van der Waals surface area contributed by atoms with Gasteiger partial charge in [0.2, 0.25) is 17.2 Å². The van der Waals surface area contributed by atoms with Crippen LogP contribution in [0.4, 0.5) is 11.9 Å². The van der Waals surface area contributed by atoms with E-state index in [1.54, 1.807) is 12.1 Å². The average molecular weight is 322 g/mol. The van der Waals surface area contributed by atoms with E-state index in [-0.39, 0.29) is 17.2 Å². The van der Waals surface area contributed by atoms with E-state index in [1.807, 2.05) is 0 Å². The lowest BCUT2D eigenvalue weighted by atomic mass is 10.2. The Morgan fingerprint density at radius 2 is 1.73 bits per heavy atom. The second kappa shape index (κ2) is 5.19. The van der Waals surface area contributed by atoms with Gasteiger partial charge in [0.05, 0.1) is 19.7 Å². The van der Waals surface area contributed by atoms with Gasteiger partial charge in [0, 0.05) is 11.5 Å². The van der Waals surface area contributed by atoms with Crippen LogP contribution in [-0.4, -0.2) is 39.0 Å². The Balaban J connectivity index is 2.36. The van der Waals surface area contributed by atoms with Crippen LogP contribution in [0.1, 0.15) is 0 Å². The molecular weight excluding hydrogens is 310 g/mol. The van der Waals surface area contributed by atoms with Gasteiger partial charge in [-0.1, -0.05) is 0 Å². The minimum absolute atomic E-state index is 0.0286. The first-order valence-electron chi connectivity index (χ1n) is 6.11. The summed E-state index contributed by atoms with van der Waals surface area (Å²) in [6.45, 7) is 0. The molecule has 0 saturated heterocycles. The Morgan fingerprint density at radius 1 is 1.05 bits per heavy atom. The van der Waals surface area contributed by atoms with E-state index in [9.17, 15) is 0 Å². The number of benzene rings is 1. The highest BCUT2D eigenvalue weighted by molar-refractivity contribution is 6.28. The Labute approximate surface area is 129 Å². The number of nitrogen functional groups attached to an aromatic ring is 2. The molecule has 0 atom stereocenters. The van der Waals surface area contributed by atoms with Crippen LogP contribution in [0.3, 0.4) is 0 Å². The number of halogens is 1. The molecule has 114 valence electrons. The van der Waals surface area contributed by atoms with Crippen molar-refractivity contribution in [3.63, 3.8) is 0 Å². The summed E-state index contributed by atoms with van der Waals surface area (Å²) in [6, 6.07) is 3.39. The molecule has 0 bridgehead atoms. The molecule has 0 radical (unpaired) electrons. The molecule has 4 N–H and O–H groups in total. The van der Waals surface area contributed by atoms with Gasteiger partial charge in [-0.2, -0.15) is 14.6 Å². The molecule has 1 aromatic carbocycles. The normalized spacial score (nSPS) is 10.9. The summed E-state index contributed by atoms with van der Waals surface area (Å²) < 4.78 is 11.8. The highest BCUT2D eigenvalue weighted by atomic mass is 35.5. The minimum Gasteiger partial charge on any atom is -0.493 e. The molecule has 0 aliphatic heterocycles. The molecule has 0 aliphatic carbocycles. The first-order valence-corrected chi connectivity index (χ1v) is 6.49. The fraction of sp³-hybridized carbons (Fsp3) is 0.167. The maximum Gasteiger partial charge on any atom is 0.241 e. The maximum absolute atomic E-state index is 5.97. The van der Waals surface area contributed by atoms with Crippen molar-refractivity contribution in [2.45, 2.75) is 0 Å². The van der Waals surface area contributed by atoms with E-state index in [0.29, 0.717) is 28.2 Å². The van der Waals surface area contributed by atoms with Crippen LogP contribution in [0.5, 0.6) is 11.5 Å². The van der Waals surface area contributed by atoms with Crippen molar-refractivity contribution >= 4 is 34.4 Å².